The Morgan fingerprint density at radius 1 is 1.25 bits per heavy atom. The molecular weight excluding hydrogens is 228 g/mol. The number of hydrogen-bond acceptors (Lipinski definition) is 4. The molecule has 1 saturated carbocycles. The van der Waals surface area contributed by atoms with Gasteiger partial charge in [0.25, 0.3) is 5.88 Å². The Bertz CT molecular complexity index is 354. The van der Waals surface area contributed by atoms with Crippen molar-refractivity contribution in [2.75, 3.05) is 7.11 Å². The summed E-state index contributed by atoms with van der Waals surface area (Å²) in [4.78, 5) is 7.91. The Balaban J connectivity index is 2.10. The van der Waals surface area contributed by atoms with Crippen LogP contribution in [0.15, 0.2) is 6.33 Å². The van der Waals surface area contributed by atoms with E-state index >= 15 is 0 Å². The molecule has 1 aromatic heterocycles. The van der Waals surface area contributed by atoms with Gasteiger partial charge in [-0.25, -0.2) is 4.98 Å². The molecule has 2 rings (SSSR count). The fourth-order valence-electron chi connectivity index (χ4n) is 1.93. The Labute approximate surface area is 99.9 Å². The number of aromatic nitrogens is 2. The lowest BCUT2D eigenvalue weighted by Crippen LogP contribution is -2.20. The zero-order valence-electron chi connectivity index (χ0n) is 9.28. The van der Waals surface area contributed by atoms with E-state index in [-0.39, 0.29) is 6.10 Å². The first-order valence-corrected chi connectivity index (χ1v) is 5.90. The number of nitrogens with zero attached hydrogens (tertiary/aromatic N) is 2. The molecule has 0 aliphatic heterocycles. The van der Waals surface area contributed by atoms with Gasteiger partial charge in [-0.15, -0.1) is 0 Å². The second-order valence-corrected chi connectivity index (χ2v) is 4.24. The molecular formula is C11H15ClN2O2. The minimum atomic E-state index is 0.230. The number of hydrogen-bond donors (Lipinski definition) is 0. The van der Waals surface area contributed by atoms with Crippen LogP contribution in [0.1, 0.15) is 32.1 Å². The molecule has 1 aliphatic carbocycles. The summed E-state index contributed by atoms with van der Waals surface area (Å²) in [6.45, 7) is 0. The lowest BCUT2D eigenvalue weighted by atomic mass is 9.98. The summed E-state index contributed by atoms with van der Waals surface area (Å²) in [6, 6.07) is 0. The van der Waals surface area contributed by atoms with Crippen LogP contribution in [0.2, 0.25) is 5.15 Å². The van der Waals surface area contributed by atoms with Crippen LogP contribution < -0.4 is 9.47 Å². The third-order valence-corrected chi connectivity index (χ3v) is 3.03. The zero-order chi connectivity index (χ0) is 11.4. The number of halogens is 1. The van der Waals surface area contributed by atoms with E-state index in [0.717, 1.165) is 12.8 Å². The van der Waals surface area contributed by atoms with Crippen molar-refractivity contribution in [1.82, 2.24) is 9.97 Å². The van der Waals surface area contributed by atoms with Gasteiger partial charge >= 0.3 is 0 Å². The summed E-state index contributed by atoms with van der Waals surface area (Å²) >= 11 is 5.89. The van der Waals surface area contributed by atoms with Crippen molar-refractivity contribution < 1.29 is 9.47 Å². The van der Waals surface area contributed by atoms with Crippen LogP contribution in [0.4, 0.5) is 0 Å². The minimum absolute atomic E-state index is 0.230. The van der Waals surface area contributed by atoms with Crippen LogP contribution in [-0.2, 0) is 0 Å². The monoisotopic (exact) mass is 242 g/mol. The van der Waals surface area contributed by atoms with Crippen molar-refractivity contribution in [3.63, 3.8) is 0 Å². The van der Waals surface area contributed by atoms with Gasteiger partial charge in [0, 0.05) is 0 Å². The summed E-state index contributed by atoms with van der Waals surface area (Å²) in [5.41, 5.74) is 0. The van der Waals surface area contributed by atoms with Crippen LogP contribution >= 0.6 is 11.6 Å². The van der Waals surface area contributed by atoms with Crippen molar-refractivity contribution >= 4 is 11.6 Å². The van der Waals surface area contributed by atoms with E-state index in [4.69, 9.17) is 21.1 Å². The standard InChI is InChI=1S/C11H15ClN2O2/c1-15-9-10(12)13-7-14-11(9)16-8-5-3-2-4-6-8/h7-8H,2-6H2,1H3. The molecule has 1 heterocycles. The summed E-state index contributed by atoms with van der Waals surface area (Å²) < 4.78 is 10.9. The van der Waals surface area contributed by atoms with E-state index in [2.05, 4.69) is 9.97 Å². The smallest absolute Gasteiger partial charge is 0.262 e. The Morgan fingerprint density at radius 2 is 2.00 bits per heavy atom. The van der Waals surface area contributed by atoms with Gasteiger partial charge < -0.3 is 9.47 Å². The highest BCUT2D eigenvalue weighted by molar-refractivity contribution is 6.31. The van der Waals surface area contributed by atoms with Crippen LogP contribution in [0.3, 0.4) is 0 Å². The van der Waals surface area contributed by atoms with Gasteiger partial charge in [0.1, 0.15) is 12.4 Å². The van der Waals surface area contributed by atoms with Crippen LogP contribution in [-0.4, -0.2) is 23.2 Å². The lowest BCUT2D eigenvalue weighted by molar-refractivity contribution is 0.142. The SMILES string of the molecule is COc1c(Cl)ncnc1OC1CCCCC1. The van der Waals surface area contributed by atoms with Gasteiger partial charge in [0.15, 0.2) is 5.15 Å². The highest BCUT2D eigenvalue weighted by Gasteiger charge is 2.19. The van der Waals surface area contributed by atoms with Crippen molar-refractivity contribution in [3.8, 4) is 11.6 Å². The van der Waals surface area contributed by atoms with E-state index in [1.807, 2.05) is 0 Å². The summed E-state index contributed by atoms with van der Waals surface area (Å²) in [6.07, 6.45) is 7.49. The molecule has 0 unspecified atom stereocenters. The maximum absolute atomic E-state index is 5.89. The fraction of sp³-hybridized carbons (Fsp3) is 0.636. The zero-order valence-corrected chi connectivity index (χ0v) is 10.0. The average molecular weight is 243 g/mol. The predicted molar refractivity (Wildman–Crippen MR) is 61.1 cm³/mol. The largest absolute Gasteiger partial charge is 0.489 e. The fourth-order valence-corrected chi connectivity index (χ4v) is 2.14. The van der Waals surface area contributed by atoms with Crippen LogP contribution in [0.5, 0.6) is 11.6 Å². The summed E-state index contributed by atoms with van der Waals surface area (Å²) in [5, 5.41) is 0.295. The number of ether oxygens (including phenoxy) is 2. The van der Waals surface area contributed by atoms with Crippen LogP contribution in [0.25, 0.3) is 0 Å². The van der Waals surface area contributed by atoms with E-state index < -0.39 is 0 Å². The first-order chi connectivity index (χ1) is 7.81. The maximum Gasteiger partial charge on any atom is 0.262 e. The molecule has 0 aromatic carbocycles. The topological polar surface area (TPSA) is 44.2 Å². The highest BCUT2D eigenvalue weighted by atomic mass is 35.5. The van der Waals surface area contributed by atoms with E-state index in [0.29, 0.717) is 16.8 Å². The molecule has 4 nitrogen and oxygen atoms in total. The van der Waals surface area contributed by atoms with E-state index in [1.165, 1.54) is 32.7 Å². The van der Waals surface area contributed by atoms with Gasteiger partial charge in [-0.3, -0.25) is 0 Å². The first kappa shape index (κ1) is 11.5. The second kappa shape index (κ2) is 5.34. The van der Waals surface area contributed by atoms with Gasteiger partial charge in [-0.1, -0.05) is 18.0 Å². The second-order valence-electron chi connectivity index (χ2n) is 3.88. The van der Waals surface area contributed by atoms with Gasteiger partial charge in [0.2, 0.25) is 5.75 Å². The van der Waals surface area contributed by atoms with Gasteiger partial charge in [-0.2, -0.15) is 4.98 Å². The molecule has 1 fully saturated rings. The Kier molecular flexibility index (Phi) is 3.83. The van der Waals surface area contributed by atoms with Crippen molar-refractivity contribution in [2.24, 2.45) is 0 Å². The van der Waals surface area contributed by atoms with Gasteiger partial charge in [0.05, 0.1) is 7.11 Å². The quantitative estimate of drug-likeness (QED) is 0.765. The average Bonchev–Trinajstić information content (AvgIpc) is 2.31. The molecule has 16 heavy (non-hydrogen) atoms. The summed E-state index contributed by atoms with van der Waals surface area (Å²) in [5.74, 6) is 0.879. The van der Waals surface area contributed by atoms with Gasteiger partial charge in [-0.05, 0) is 25.7 Å². The molecule has 88 valence electrons. The third-order valence-electron chi connectivity index (χ3n) is 2.76. The Morgan fingerprint density at radius 3 is 2.69 bits per heavy atom. The minimum Gasteiger partial charge on any atom is -0.489 e. The van der Waals surface area contributed by atoms with Crippen molar-refractivity contribution in [1.29, 1.82) is 0 Å². The molecule has 0 amide bonds. The third kappa shape index (κ3) is 2.55. The number of methoxy groups -OCH3 is 1. The maximum atomic E-state index is 5.89. The molecule has 1 aromatic rings. The van der Waals surface area contributed by atoms with Crippen LogP contribution in [0, 0.1) is 0 Å². The predicted octanol–water partition coefficient (Wildman–Crippen LogP) is 2.85. The van der Waals surface area contributed by atoms with E-state index in [1.54, 1.807) is 0 Å². The number of rotatable bonds is 3. The lowest BCUT2D eigenvalue weighted by Gasteiger charge is -2.23. The molecule has 0 atom stereocenters. The summed E-state index contributed by atoms with van der Waals surface area (Å²) in [7, 11) is 1.54. The normalized spacial score (nSPS) is 17.1. The van der Waals surface area contributed by atoms with E-state index in [9.17, 15) is 0 Å². The molecule has 0 radical (unpaired) electrons. The molecule has 0 N–H and O–H groups in total. The molecule has 1 aliphatic rings. The van der Waals surface area contributed by atoms with Crippen molar-refractivity contribution in [3.05, 3.63) is 11.5 Å². The molecule has 0 bridgehead atoms. The van der Waals surface area contributed by atoms with Crippen molar-refractivity contribution in [2.45, 2.75) is 38.2 Å². The first-order valence-electron chi connectivity index (χ1n) is 5.52. The molecule has 5 heteroatoms. The Hall–Kier alpha value is -1.03. The highest BCUT2D eigenvalue weighted by Crippen LogP contribution is 2.32. The molecule has 0 spiro atoms. The molecule has 0 saturated heterocycles.